The van der Waals surface area contributed by atoms with E-state index in [0.29, 0.717) is 0 Å². The zero-order valence-electron chi connectivity index (χ0n) is 15.0. The molecule has 0 aromatic heterocycles. The molecule has 1 saturated heterocycles. The van der Waals surface area contributed by atoms with Crippen LogP contribution in [0.5, 0.6) is 0 Å². The van der Waals surface area contributed by atoms with Crippen molar-refractivity contribution in [2.45, 2.75) is 19.9 Å². The summed E-state index contributed by atoms with van der Waals surface area (Å²) >= 11 is 3.50. The molecule has 2 aromatic rings. The molecule has 1 atom stereocenters. The van der Waals surface area contributed by atoms with Gasteiger partial charge in [-0.15, -0.1) is 0 Å². The van der Waals surface area contributed by atoms with E-state index in [1.807, 2.05) is 32.0 Å². The fraction of sp³-hybridized carbons (Fsp3) is 0.350. The summed E-state index contributed by atoms with van der Waals surface area (Å²) < 4.78 is 14.0. The van der Waals surface area contributed by atoms with Gasteiger partial charge >= 0.3 is 0 Å². The molecular weight excluding hydrogens is 397 g/mol. The van der Waals surface area contributed by atoms with E-state index in [2.05, 4.69) is 31.0 Å². The summed E-state index contributed by atoms with van der Waals surface area (Å²) in [7, 11) is 0. The van der Waals surface area contributed by atoms with Gasteiger partial charge in [0.25, 0.3) is 0 Å². The molecule has 6 heteroatoms. The third kappa shape index (κ3) is 4.43. The highest BCUT2D eigenvalue weighted by Gasteiger charge is 2.26. The van der Waals surface area contributed by atoms with Crippen LogP contribution < -0.4 is 10.2 Å². The smallest absolute Gasteiger partial charge is 0.241 e. The maximum atomic E-state index is 13.1. The van der Waals surface area contributed by atoms with Gasteiger partial charge in [-0.2, -0.15) is 0 Å². The first-order chi connectivity index (χ1) is 12.4. The first kappa shape index (κ1) is 18.9. The summed E-state index contributed by atoms with van der Waals surface area (Å²) in [5.41, 5.74) is 2.95. The number of piperazine rings is 1. The third-order valence-corrected chi connectivity index (χ3v) is 5.47. The third-order valence-electron chi connectivity index (χ3n) is 4.82. The van der Waals surface area contributed by atoms with E-state index in [4.69, 9.17) is 0 Å². The Labute approximate surface area is 162 Å². The molecule has 1 fully saturated rings. The Morgan fingerprint density at radius 3 is 2.38 bits per heavy atom. The Hall–Kier alpha value is -1.92. The molecule has 3 rings (SSSR count). The van der Waals surface area contributed by atoms with E-state index in [9.17, 15) is 9.18 Å². The highest BCUT2D eigenvalue weighted by atomic mass is 79.9. The maximum Gasteiger partial charge on any atom is 0.241 e. The number of rotatable bonds is 4. The standard InChI is InChI=1S/C20H23BrFN3O/c1-14-3-8-19(18(21)13-14)23-20(26)15(2)24-9-11-25(12-10-24)17-6-4-16(22)5-7-17/h3-8,13,15H,9-12H2,1-2H3,(H,23,26)/t15-/m0/s1. The van der Waals surface area contributed by atoms with Crippen LogP contribution in [0.25, 0.3) is 0 Å². The van der Waals surface area contributed by atoms with Crippen LogP contribution in [0.1, 0.15) is 12.5 Å². The van der Waals surface area contributed by atoms with E-state index in [1.54, 1.807) is 12.1 Å². The van der Waals surface area contributed by atoms with Crippen LogP contribution in [0.4, 0.5) is 15.8 Å². The molecule has 0 bridgehead atoms. The SMILES string of the molecule is Cc1ccc(NC(=O)[C@H](C)N2CCN(c3ccc(F)cc3)CC2)c(Br)c1. The lowest BCUT2D eigenvalue weighted by atomic mass is 10.2. The van der Waals surface area contributed by atoms with Gasteiger partial charge < -0.3 is 10.2 Å². The van der Waals surface area contributed by atoms with E-state index in [-0.39, 0.29) is 17.8 Å². The molecule has 2 aromatic carbocycles. The molecule has 0 spiro atoms. The summed E-state index contributed by atoms with van der Waals surface area (Å²) in [6.45, 7) is 7.17. The largest absolute Gasteiger partial charge is 0.369 e. The summed E-state index contributed by atoms with van der Waals surface area (Å²) in [4.78, 5) is 17.0. The van der Waals surface area contributed by atoms with Gasteiger partial charge in [-0.3, -0.25) is 9.69 Å². The second-order valence-electron chi connectivity index (χ2n) is 6.65. The summed E-state index contributed by atoms with van der Waals surface area (Å²) in [5, 5.41) is 3.00. The molecule has 0 aliphatic carbocycles. The van der Waals surface area contributed by atoms with Crippen molar-refractivity contribution in [1.29, 1.82) is 0 Å². The molecule has 1 heterocycles. The second-order valence-corrected chi connectivity index (χ2v) is 7.50. The van der Waals surface area contributed by atoms with Crippen molar-refractivity contribution >= 4 is 33.2 Å². The Morgan fingerprint density at radius 1 is 1.12 bits per heavy atom. The maximum absolute atomic E-state index is 13.1. The van der Waals surface area contributed by atoms with E-state index >= 15 is 0 Å². The average Bonchev–Trinajstić information content (AvgIpc) is 2.64. The minimum Gasteiger partial charge on any atom is -0.369 e. The van der Waals surface area contributed by atoms with E-state index in [0.717, 1.165) is 47.6 Å². The van der Waals surface area contributed by atoms with Crippen LogP contribution in [0, 0.1) is 12.7 Å². The van der Waals surface area contributed by atoms with Gasteiger partial charge in [0.2, 0.25) is 5.91 Å². The number of nitrogens with one attached hydrogen (secondary N) is 1. The summed E-state index contributed by atoms with van der Waals surface area (Å²) in [5.74, 6) is -0.232. The minimum atomic E-state index is -0.222. The van der Waals surface area contributed by atoms with Crippen molar-refractivity contribution in [3.05, 3.63) is 58.3 Å². The molecule has 0 radical (unpaired) electrons. The molecule has 1 aliphatic rings. The van der Waals surface area contributed by atoms with E-state index < -0.39 is 0 Å². The van der Waals surface area contributed by atoms with Crippen molar-refractivity contribution in [3.8, 4) is 0 Å². The Bertz CT molecular complexity index is 773. The molecule has 1 aliphatic heterocycles. The first-order valence-corrected chi connectivity index (χ1v) is 9.55. The number of nitrogens with zero attached hydrogens (tertiary/aromatic N) is 2. The van der Waals surface area contributed by atoms with Crippen LogP contribution in [-0.2, 0) is 4.79 Å². The van der Waals surface area contributed by atoms with Crippen molar-refractivity contribution in [3.63, 3.8) is 0 Å². The zero-order chi connectivity index (χ0) is 18.7. The van der Waals surface area contributed by atoms with Gasteiger partial charge in [-0.1, -0.05) is 6.07 Å². The molecule has 4 nitrogen and oxygen atoms in total. The molecule has 0 unspecified atom stereocenters. The second kappa shape index (κ2) is 8.18. The highest BCUT2D eigenvalue weighted by molar-refractivity contribution is 9.10. The molecule has 138 valence electrons. The number of benzene rings is 2. The zero-order valence-corrected chi connectivity index (χ0v) is 16.6. The van der Waals surface area contributed by atoms with Crippen LogP contribution >= 0.6 is 15.9 Å². The monoisotopic (exact) mass is 419 g/mol. The number of carbonyl (C=O) groups is 1. The fourth-order valence-corrected chi connectivity index (χ4v) is 3.74. The lowest BCUT2D eigenvalue weighted by Crippen LogP contribution is -2.52. The number of amides is 1. The Kier molecular flexibility index (Phi) is 5.94. The average molecular weight is 420 g/mol. The van der Waals surface area contributed by atoms with Crippen LogP contribution in [-0.4, -0.2) is 43.0 Å². The molecule has 1 amide bonds. The minimum absolute atomic E-state index is 0.00946. The van der Waals surface area contributed by atoms with Crippen LogP contribution in [0.15, 0.2) is 46.9 Å². The predicted molar refractivity (Wildman–Crippen MR) is 107 cm³/mol. The first-order valence-electron chi connectivity index (χ1n) is 8.75. The number of anilines is 2. The summed E-state index contributed by atoms with van der Waals surface area (Å²) in [6, 6.07) is 12.2. The van der Waals surface area contributed by atoms with Crippen molar-refractivity contribution in [2.24, 2.45) is 0 Å². The molecular formula is C20H23BrFN3O. The highest BCUT2D eigenvalue weighted by Crippen LogP contribution is 2.24. The number of aryl methyl sites for hydroxylation is 1. The van der Waals surface area contributed by atoms with Crippen LogP contribution in [0.2, 0.25) is 0 Å². The van der Waals surface area contributed by atoms with Gasteiger partial charge in [0.1, 0.15) is 5.82 Å². The lowest BCUT2D eigenvalue weighted by molar-refractivity contribution is -0.120. The number of halogens is 2. The Morgan fingerprint density at radius 2 is 1.77 bits per heavy atom. The fourth-order valence-electron chi connectivity index (χ4n) is 3.14. The molecule has 1 N–H and O–H groups in total. The van der Waals surface area contributed by atoms with Gasteiger partial charge in [0, 0.05) is 36.3 Å². The van der Waals surface area contributed by atoms with Gasteiger partial charge in [-0.05, 0) is 71.7 Å². The predicted octanol–water partition coefficient (Wildman–Crippen LogP) is 4.05. The number of carbonyl (C=O) groups excluding carboxylic acids is 1. The van der Waals surface area contributed by atoms with Crippen LogP contribution in [0.3, 0.4) is 0 Å². The van der Waals surface area contributed by atoms with Crippen molar-refractivity contribution < 1.29 is 9.18 Å². The number of hydrogen-bond donors (Lipinski definition) is 1. The molecule has 26 heavy (non-hydrogen) atoms. The summed E-state index contributed by atoms with van der Waals surface area (Å²) in [6.07, 6.45) is 0. The molecule has 0 saturated carbocycles. The van der Waals surface area contributed by atoms with Crippen molar-refractivity contribution in [2.75, 3.05) is 36.4 Å². The van der Waals surface area contributed by atoms with Crippen molar-refractivity contribution in [1.82, 2.24) is 4.90 Å². The Balaban J connectivity index is 1.56. The van der Waals surface area contributed by atoms with E-state index in [1.165, 1.54) is 12.1 Å². The van der Waals surface area contributed by atoms with Gasteiger partial charge in [0.15, 0.2) is 0 Å². The normalized spacial score (nSPS) is 16.4. The van der Waals surface area contributed by atoms with Gasteiger partial charge in [0.05, 0.1) is 11.7 Å². The number of hydrogen-bond acceptors (Lipinski definition) is 3. The topological polar surface area (TPSA) is 35.6 Å². The quantitative estimate of drug-likeness (QED) is 0.811. The lowest BCUT2D eigenvalue weighted by Gasteiger charge is -2.38. The van der Waals surface area contributed by atoms with Gasteiger partial charge in [-0.25, -0.2) is 4.39 Å².